The molecule has 30 heavy (non-hydrogen) atoms. The van der Waals surface area contributed by atoms with Crippen molar-refractivity contribution in [3.05, 3.63) is 106 Å². The van der Waals surface area contributed by atoms with Gasteiger partial charge in [-0.3, -0.25) is 14.9 Å². The van der Waals surface area contributed by atoms with Gasteiger partial charge in [0, 0.05) is 36.5 Å². The summed E-state index contributed by atoms with van der Waals surface area (Å²) in [7, 11) is 0. The Morgan fingerprint density at radius 1 is 1.07 bits per heavy atom. The number of non-ortho nitro benzene ring substituents is 1. The molecule has 0 radical (unpaired) electrons. The van der Waals surface area contributed by atoms with E-state index in [1.165, 1.54) is 36.0 Å². The smallest absolute Gasteiger partial charge is 0.271 e. The zero-order valence-electron chi connectivity index (χ0n) is 16.6. The highest BCUT2D eigenvalue weighted by Crippen LogP contribution is 2.17. The van der Waals surface area contributed by atoms with E-state index >= 15 is 0 Å². The van der Waals surface area contributed by atoms with Crippen LogP contribution in [-0.4, -0.2) is 23.6 Å². The summed E-state index contributed by atoms with van der Waals surface area (Å²) in [6, 6.07) is 23.7. The van der Waals surface area contributed by atoms with Crippen LogP contribution in [0.5, 0.6) is 0 Å². The van der Waals surface area contributed by atoms with E-state index in [4.69, 9.17) is 0 Å². The predicted molar refractivity (Wildman–Crippen MR) is 118 cm³/mol. The zero-order chi connectivity index (χ0) is 21.3. The lowest BCUT2D eigenvalue weighted by atomic mass is 10.1. The van der Waals surface area contributed by atoms with Crippen molar-refractivity contribution < 1.29 is 9.72 Å². The number of nitro benzene ring substituents is 1. The Bertz CT molecular complexity index is 1030. The third-order valence-corrected chi connectivity index (χ3v) is 4.56. The molecule has 0 fully saturated rings. The molecule has 3 aromatic rings. The van der Waals surface area contributed by atoms with Gasteiger partial charge >= 0.3 is 0 Å². The molecule has 7 heteroatoms. The molecule has 0 aromatic heterocycles. The van der Waals surface area contributed by atoms with Crippen molar-refractivity contribution in [2.75, 3.05) is 11.4 Å². The first-order valence-electron chi connectivity index (χ1n) is 9.53. The van der Waals surface area contributed by atoms with Gasteiger partial charge < -0.3 is 4.90 Å². The van der Waals surface area contributed by atoms with Crippen LogP contribution in [0.4, 0.5) is 11.4 Å². The maximum atomic E-state index is 12.1. The molecule has 0 spiro atoms. The molecule has 1 amide bonds. The molecule has 0 unspecified atom stereocenters. The maximum Gasteiger partial charge on any atom is 0.271 e. The highest BCUT2D eigenvalue weighted by molar-refractivity contribution is 5.95. The van der Waals surface area contributed by atoms with E-state index in [-0.39, 0.29) is 11.3 Å². The van der Waals surface area contributed by atoms with Gasteiger partial charge in [0.2, 0.25) is 0 Å². The average Bonchev–Trinajstić information content (AvgIpc) is 2.78. The second-order valence-corrected chi connectivity index (χ2v) is 6.60. The fourth-order valence-electron chi connectivity index (χ4n) is 2.95. The summed E-state index contributed by atoms with van der Waals surface area (Å²) in [5.41, 5.74) is 5.60. The first-order valence-corrected chi connectivity index (χ1v) is 9.53. The van der Waals surface area contributed by atoms with Gasteiger partial charge in [-0.2, -0.15) is 5.10 Å². The van der Waals surface area contributed by atoms with Crippen LogP contribution in [-0.2, 0) is 6.54 Å². The second-order valence-electron chi connectivity index (χ2n) is 6.60. The van der Waals surface area contributed by atoms with Crippen molar-refractivity contribution in [3.8, 4) is 0 Å². The van der Waals surface area contributed by atoms with Gasteiger partial charge in [-0.05, 0) is 36.2 Å². The molecule has 3 rings (SSSR count). The van der Waals surface area contributed by atoms with Crippen LogP contribution in [0.15, 0.2) is 84.0 Å². The van der Waals surface area contributed by atoms with Crippen LogP contribution in [0.1, 0.15) is 28.4 Å². The summed E-state index contributed by atoms with van der Waals surface area (Å²) >= 11 is 0. The third-order valence-electron chi connectivity index (χ3n) is 4.56. The summed E-state index contributed by atoms with van der Waals surface area (Å²) in [5, 5.41) is 14.8. The van der Waals surface area contributed by atoms with E-state index in [9.17, 15) is 14.9 Å². The Morgan fingerprint density at radius 3 is 2.47 bits per heavy atom. The minimum absolute atomic E-state index is 0.141. The van der Waals surface area contributed by atoms with E-state index < -0.39 is 10.8 Å². The minimum atomic E-state index is -0.543. The van der Waals surface area contributed by atoms with Crippen LogP contribution in [0, 0.1) is 10.1 Å². The average molecular weight is 402 g/mol. The van der Waals surface area contributed by atoms with Gasteiger partial charge in [0.15, 0.2) is 0 Å². The lowest BCUT2D eigenvalue weighted by molar-refractivity contribution is -0.384. The topological polar surface area (TPSA) is 87.8 Å². The molecule has 0 saturated heterocycles. The highest BCUT2D eigenvalue weighted by atomic mass is 16.6. The number of nitro groups is 1. The van der Waals surface area contributed by atoms with E-state index in [0.29, 0.717) is 0 Å². The van der Waals surface area contributed by atoms with Crippen LogP contribution >= 0.6 is 0 Å². The lowest BCUT2D eigenvalue weighted by Gasteiger charge is -2.23. The molecule has 1 N–H and O–H groups in total. The standard InChI is InChI=1S/C23H22N4O3/c1-2-26(17-19-7-4-3-5-8-19)21-13-11-18(12-14-21)16-24-25-23(28)20-9-6-10-22(15-20)27(29)30/h3-16H,2,17H2,1H3,(H,25,28)/b24-16+. The Hall–Kier alpha value is -4.00. The quantitative estimate of drug-likeness (QED) is 0.344. The van der Waals surface area contributed by atoms with Crippen molar-refractivity contribution in [2.24, 2.45) is 5.10 Å². The molecule has 152 valence electrons. The van der Waals surface area contributed by atoms with Crippen molar-refractivity contribution >= 4 is 23.5 Å². The number of hydrogen-bond donors (Lipinski definition) is 1. The number of nitrogens with zero attached hydrogens (tertiary/aromatic N) is 3. The number of carbonyl (C=O) groups excluding carboxylic acids is 1. The Balaban J connectivity index is 1.60. The molecular formula is C23H22N4O3. The largest absolute Gasteiger partial charge is 0.367 e. The maximum absolute atomic E-state index is 12.1. The summed E-state index contributed by atoms with van der Waals surface area (Å²) in [4.78, 5) is 24.6. The first kappa shape index (κ1) is 20.7. The molecule has 7 nitrogen and oxygen atoms in total. The Morgan fingerprint density at radius 2 is 1.80 bits per heavy atom. The molecule has 0 saturated carbocycles. The first-order chi connectivity index (χ1) is 14.6. The van der Waals surface area contributed by atoms with Crippen molar-refractivity contribution in [3.63, 3.8) is 0 Å². The Labute approximate surface area is 174 Å². The van der Waals surface area contributed by atoms with Crippen LogP contribution in [0.2, 0.25) is 0 Å². The number of hydrogen-bond acceptors (Lipinski definition) is 5. The molecule has 0 heterocycles. The van der Waals surface area contributed by atoms with Gasteiger partial charge in [0.05, 0.1) is 11.1 Å². The van der Waals surface area contributed by atoms with Crippen molar-refractivity contribution in [1.29, 1.82) is 0 Å². The van der Waals surface area contributed by atoms with Gasteiger partial charge in [-0.1, -0.05) is 48.5 Å². The molecule has 3 aromatic carbocycles. The normalized spacial score (nSPS) is 10.7. The number of anilines is 1. The van der Waals surface area contributed by atoms with Gasteiger partial charge in [-0.15, -0.1) is 0 Å². The number of rotatable bonds is 8. The lowest BCUT2D eigenvalue weighted by Crippen LogP contribution is -2.21. The minimum Gasteiger partial charge on any atom is -0.367 e. The number of benzene rings is 3. The summed E-state index contributed by atoms with van der Waals surface area (Å²) in [6.07, 6.45) is 1.53. The van der Waals surface area contributed by atoms with Crippen molar-refractivity contribution in [1.82, 2.24) is 5.43 Å². The van der Waals surface area contributed by atoms with Crippen LogP contribution in [0.3, 0.4) is 0 Å². The van der Waals surface area contributed by atoms with Crippen molar-refractivity contribution in [2.45, 2.75) is 13.5 Å². The molecule has 0 bridgehead atoms. The third kappa shape index (κ3) is 5.51. The summed E-state index contributed by atoms with van der Waals surface area (Å²) in [6.45, 7) is 3.81. The monoisotopic (exact) mass is 402 g/mol. The van der Waals surface area contributed by atoms with Gasteiger partial charge in [0.1, 0.15) is 0 Å². The molecular weight excluding hydrogens is 380 g/mol. The Kier molecular flexibility index (Phi) is 6.89. The van der Waals surface area contributed by atoms with Gasteiger partial charge in [-0.25, -0.2) is 5.43 Å². The summed E-state index contributed by atoms with van der Waals surface area (Å²) < 4.78 is 0. The molecule has 0 aliphatic carbocycles. The number of carbonyl (C=O) groups is 1. The molecule has 0 atom stereocenters. The van der Waals surface area contributed by atoms with Crippen LogP contribution < -0.4 is 10.3 Å². The van der Waals surface area contributed by atoms with E-state index in [1.54, 1.807) is 0 Å². The number of hydrazone groups is 1. The zero-order valence-corrected chi connectivity index (χ0v) is 16.6. The fourth-order valence-corrected chi connectivity index (χ4v) is 2.95. The fraction of sp³-hybridized carbons (Fsp3) is 0.130. The number of nitrogens with one attached hydrogen (secondary N) is 1. The SMILES string of the molecule is CCN(Cc1ccccc1)c1ccc(/C=N/NC(=O)c2cccc([N+](=O)[O-])c2)cc1. The van der Waals surface area contributed by atoms with Crippen LogP contribution in [0.25, 0.3) is 0 Å². The van der Waals surface area contributed by atoms with E-state index in [0.717, 1.165) is 24.3 Å². The van der Waals surface area contributed by atoms with E-state index in [2.05, 4.69) is 34.5 Å². The van der Waals surface area contributed by atoms with Gasteiger partial charge in [0.25, 0.3) is 11.6 Å². The predicted octanol–water partition coefficient (Wildman–Crippen LogP) is 4.39. The van der Waals surface area contributed by atoms with E-state index in [1.807, 2.05) is 42.5 Å². The number of amides is 1. The molecule has 0 aliphatic heterocycles. The molecule has 0 aliphatic rings. The highest BCUT2D eigenvalue weighted by Gasteiger charge is 2.10. The summed E-state index contributed by atoms with van der Waals surface area (Å²) in [5.74, 6) is -0.508. The second kappa shape index (κ2) is 9.97.